The van der Waals surface area contributed by atoms with Crippen molar-refractivity contribution < 1.29 is 13.2 Å². The molecule has 1 atom stereocenters. The third-order valence-electron chi connectivity index (χ3n) is 4.51. The third-order valence-corrected chi connectivity index (χ3v) is 5.62. The van der Waals surface area contributed by atoms with E-state index >= 15 is 0 Å². The molecule has 11 heteroatoms. The SMILES string of the molecule is N#CC(c1ccnc(NCCN2C=CC=NC2)n1)c1nc2cc(C(F)(F)F)ccc2s1. The van der Waals surface area contributed by atoms with Gasteiger partial charge in [0.1, 0.15) is 17.6 Å². The predicted molar refractivity (Wildman–Crippen MR) is 112 cm³/mol. The maximum Gasteiger partial charge on any atom is 0.416 e. The van der Waals surface area contributed by atoms with Crippen molar-refractivity contribution in [3.8, 4) is 6.07 Å². The number of alkyl halides is 3. The van der Waals surface area contributed by atoms with Crippen LogP contribution in [0.3, 0.4) is 0 Å². The van der Waals surface area contributed by atoms with Gasteiger partial charge in [-0.05, 0) is 30.3 Å². The third kappa shape index (κ3) is 4.80. The number of nitrogens with zero attached hydrogens (tertiary/aromatic N) is 6. The Hall–Kier alpha value is -3.52. The van der Waals surface area contributed by atoms with Crippen molar-refractivity contribution in [2.24, 2.45) is 4.99 Å². The Balaban J connectivity index is 1.51. The lowest BCUT2D eigenvalue weighted by Crippen LogP contribution is -2.26. The zero-order chi connectivity index (χ0) is 21.8. The van der Waals surface area contributed by atoms with E-state index in [-0.39, 0.29) is 5.52 Å². The highest BCUT2D eigenvalue weighted by Gasteiger charge is 2.31. The molecule has 3 aromatic rings. The molecule has 0 spiro atoms. The number of nitriles is 1. The number of fused-ring (bicyclic) bond motifs is 1. The van der Waals surface area contributed by atoms with E-state index in [1.807, 2.05) is 17.2 Å². The van der Waals surface area contributed by atoms with E-state index in [0.29, 0.717) is 41.1 Å². The summed E-state index contributed by atoms with van der Waals surface area (Å²) in [6.07, 6.45) is 2.62. The summed E-state index contributed by atoms with van der Waals surface area (Å²) in [6.45, 7) is 1.85. The zero-order valence-electron chi connectivity index (χ0n) is 16.0. The van der Waals surface area contributed by atoms with Gasteiger partial charge >= 0.3 is 6.18 Å². The van der Waals surface area contributed by atoms with Crippen molar-refractivity contribution in [1.82, 2.24) is 19.9 Å². The maximum atomic E-state index is 13.0. The van der Waals surface area contributed by atoms with E-state index in [1.54, 1.807) is 12.3 Å². The molecule has 0 saturated heterocycles. The van der Waals surface area contributed by atoms with Gasteiger partial charge in [0.2, 0.25) is 5.95 Å². The van der Waals surface area contributed by atoms with Crippen molar-refractivity contribution in [1.29, 1.82) is 5.26 Å². The Morgan fingerprint density at radius 1 is 1.26 bits per heavy atom. The van der Waals surface area contributed by atoms with E-state index in [0.717, 1.165) is 12.1 Å². The van der Waals surface area contributed by atoms with Gasteiger partial charge in [-0.1, -0.05) is 0 Å². The Morgan fingerprint density at radius 3 is 2.87 bits per heavy atom. The molecule has 4 rings (SSSR count). The van der Waals surface area contributed by atoms with Crippen molar-refractivity contribution >= 4 is 33.7 Å². The zero-order valence-corrected chi connectivity index (χ0v) is 16.9. The summed E-state index contributed by atoms with van der Waals surface area (Å²) in [7, 11) is 0. The minimum absolute atomic E-state index is 0.208. The van der Waals surface area contributed by atoms with Crippen LogP contribution in [-0.4, -0.2) is 45.8 Å². The summed E-state index contributed by atoms with van der Waals surface area (Å²) in [5.74, 6) is -0.447. The number of aromatic nitrogens is 3. The first-order valence-corrected chi connectivity index (χ1v) is 10.1. The minimum Gasteiger partial charge on any atom is -0.357 e. The molecule has 7 nitrogen and oxygen atoms in total. The monoisotopic (exact) mass is 443 g/mol. The van der Waals surface area contributed by atoms with E-state index in [4.69, 9.17) is 0 Å². The van der Waals surface area contributed by atoms with Crippen LogP contribution in [0.25, 0.3) is 10.2 Å². The summed E-state index contributed by atoms with van der Waals surface area (Å²) in [5.41, 5.74) is -0.134. The molecule has 1 unspecified atom stereocenters. The average Bonchev–Trinajstić information content (AvgIpc) is 3.18. The summed E-state index contributed by atoms with van der Waals surface area (Å²) in [4.78, 5) is 19.0. The van der Waals surface area contributed by atoms with E-state index in [9.17, 15) is 18.4 Å². The van der Waals surface area contributed by atoms with Gasteiger partial charge in [0.05, 0.1) is 27.5 Å². The van der Waals surface area contributed by atoms with Crippen LogP contribution >= 0.6 is 11.3 Å². The van der Waals surface area contributed by atoms with Gasteiger partial charge in [0.25, 0.3) is 0 Å². The van der Waals surface area contributed by atoms with Gasteiger partial charge in [-0.3, -0.25) is 4.99 Å². The van der Waals surface area contributed by atoms with E-state index in [2.05, 4.69) is 31.3 Å². The Morgan fingerprint density at radius 2 is 2.13 bits per heavy atom. The van der Waals surface area contributed by atoms with E-state index < -0.39 is 17.7 Å². The fourth-order valence-corrected chi connectivity index (χ4v) is 3.99. The molecule has 0 radical (unpaired) electrons. The molecule has 0 saturated carbocycles. The molecular formula is C20H16F3N7S. The van der Waals surface area contributed by atoms with E-state index in [1.165, 1.54) is 23.6 Å². The quantitative estimate of drug-likeness (QED) is 0.619. The number of hydrogen-bond donors (Lipinski definition) is 1. The Kier molecular flexibility index (Phi) is 5.81. The van der Waals surface area contributed by atoms with Crippen LogP contribution in [0.15, 0.2) is 47.7 Å². The molecule has 1 N–H and O–H groups in total. The number of benzene rings is 1. The summed E-state index contributed by atoms with van der Waals surface area (Å²) in [6, 6.07) is 7.14. The largest absolute Gasteiger partial charge is 0.416 e. The Bertz CT molecular complexity index is 1180. The molecule has 0 amide bonds. The van der Waals surface area contributed by atoms with Gasteiger partial charge in [0.15, 0.2) is 0 Å². The molecule has 31 heavy (non-hydrogen) atoms. The van der Waals surface area contributed by atoms with Crippen LogP contribution in [0.5, 0.6) is 0 Å². The van der Waals surface area contributed by atoms with Crippen molar-refractivity contribution in [2.75, 3.05) is 25.1 Å². The summed E-state index contributed by atoms with van der Waals surface area (Å²) in [5, 5.41) is 13.2. The maximum absolute atomic E-state index is 13.0. The highest BCUT2D eigenvalue weighted by Crippen LogP contribution is 2.35. The second kappa shape index (κ2) is 8.69. The van der Waals surface area contributed by atoms with Gasteiger partial charge in [-0.15, -0.1) is 11.3 Å². The molecule has 158 valence electrons. The first-order valence-electron chi connectivity index (χ1n) is 9.29. The highest BCUT2D eigenvalue weighted by atomic mass is 32.1. The Labute approximate surface area is 179 Å². The summed E-state index contributed by atoms with van der Waals surface area (Å²) >= 11 is 1.18. The number of hydrogen-bond acceptors (Lipinski definition) is 8. The van der Waals surface area contributed by atoms with Crippen molar-refractivity contribution in [2.45, 2.75) is 12.1 Å². The van der Waals surface area contributed by atoms with Gasteiger partial charge in [-0.25, -0.2) is 15.0 Å². The number of allylic oxidation sites excluding steroid dienone is 1. The second-order valence-corrected chi connectivity index (χ2v) is 7.72. The number of aliphatic imine (C=N–C) groups is 1. The number of anilines is 1. The lowest BCUT2D eigenvalue weighted by Gasteiger charge is -2.19. The van der Waals surface area contributed by atoms with Gasteiger partial charge < -0.3 is 10.2 Å². The van der Waals surface area contributed by atoms with Crippen LogP contribution in [0, 0.1) is 11.3 Å². The first-order chi connectivity index (χ1) is 14.9. The first kappa shape index (κ1) is 20.7. The lowest BCUT2D eigenvalue weighted by atomic mass is 10.1. The number of rotatable bonds is 6. The van der Waals surface area contributed by atoms with Gasteiger partial charge in [0, 0.05) is 31.7 Å². The second-order valence-electron chi connectivity index (χ2n) is 6.65. The van der Waals surface area contributed by atoms with Crippen LogP contribution < -0.4 is 5.32 Å². The molecule has 1 aliphatic rings. The highest BCUT2D eigenvalue weighted by molar-refractivity contribution is 7.18. The molecule has 0 aliphatic carbocycles. The van der Waals surface area contributed by atoms with Crippen molar-refractivity contribution in [3.05, 3.63) is 59.0 Å². The smallest absolute Gasteiger partial charge is 0.357 e. The van der Waals surface area contributed by atoms with Crippen LogP contribution in [0.1, 0.15) is 22.2 Å². The standard InChI is InChI=1S/C20H16F3N7S/c21-20(22,23)13-2-3-17-16(10-13)28-18(31-17)14(11-24)15-4-6-26-19(29-15)27-7-9-30-8-1-5-25-12-30/h1-6,8,10,14H,7,9,12H2,(H,26,27,29). The number of nitrogens with one attached hydrogen (secondary N) is 1. The van der Waals surface area contributed by atoms with Crippen LogP contribution in [0.2, 0.25) is 0 Å². The normalized spacial score (nSPS) is 14.6. The molecule has 2 aromatic heterocycles. The number of halogens is 3. The summed E-state index contributed by atoms with van der Waals surface area (Å²) < 4.78 is 39.5. The average molecular weight is 443 g/mol. The fourth-order valence-electron chi connectivity index (χ4n) is 2.99. The number of thiazole rings is 1. The molecule has 0 bridgehead atoms. The molecular weight excluding hydrogens is 427 g/mol. The van der Waals surface area contributed by atoms with Gasteiger partial charge in [-0.2, -0.15) is 18.4 Å². The molecule has 1 aliphatic heterocycles. The minimum atomic E-state index is -4.45. The van der Waals surface area contributed by atoms with Crippen LogP contribution in [-0.2, 0) is 6.18 Å². The molecule has 3 heterocycles. The molecule has 0 fully saturated rings. The van der Waals surface area contributed by atoms with Crippen LogP contribution in [0.4, 0.5) is 19.1 Å². The van der Waals surface area contributed by atoms with Crippen molar-refractivity contribution in [3.63, 3.8) is 0 Å². The fraction of sp³-hybridized carbons (Fsp3) is 0.250. The lowest BCUT2D eigenvalue weighted by molar-refractivity contribution is -0.137. The predicted octanol–water partition coefficient (Wildman–Crippen LogP) is 4.03. The molecule has 1 aromatic carbocycles. The topological polar surface area (TPSA) is 90.1 Å².